The second-order valence-corrected chi connectivity index (χ2v) is 5.98. The van der Waals surface area contributed by atoms with Crippen molar-refractivity contribution in [3.63, 3.8) is 0 Å². The van der Waals surface area contributed by atoms with Gasteiger partial charge in [0.05, 0.1) is 10.6 Å². The first-order valence-electron chi connectivity index (χ1n) is 8.52. The molecule has 0 saturated carbocycles. The second kappa shape index (κ2) is 7.86. The maximum absolute atomic E-state index is 12.6. The lowest BCUT2D eigenvalue weighted by Gasteiger charge is -2.21. The van der Waals surface area contributed by atoms with Gasteiger partial charge < -0.3 is 14.8 Å². The monoisotopic (exact) mass is 370 g/mol. The van der Waals surface area contributed by atoms with Gasteiger partial charge in [-0.25, -0.2) is 0 Å². The Morgan fingerprint density at radius 2 is 1.85 bits per heavy atom. The van der Waals surface area contributed by atoms with Gasteiger partial charge in [-0.3, -0.25) is 19.7 Å². The SMILES string of the molecule is CCCC(=O)c1cc2c(cc1NC(=O)c1cccc([N+](=O)[O-])c1)OCCO2. The summed E-state index contributed by atoms with van der Waals surface area (Å²) in [6.45, 7) is 2.64. The molecule has 0 fully saturated rings. The van der Waals surface area contributed by atoms with Crippen LogP contribution in [0.1, 0.15) is 40.5 Å². The number of ether oxygens (including phenoxy) is 2. The van der Waals surface area contributed by atoms with Gasteiger partial charge in [-0.2, -0.15) is 0 Å². The van der Waals surface area contributed by atoms with E-state index in [9.17, 15) is 19.7 Å². The van der Waals surface area contributed by atoms with Crippen LogP contribution >= 0.6 is 0 Å². The summed E-state index contributed by atoms with van der Waals surface area (Å²) in [6.07, 6.45) is 0.977. The number of anilines is 1. The van der Waals surface area contributed by atoms with Crippen molar-refractivity contribution in [3.05, 3.63) is 57.6 Å². The van der Waals surface area contributed by atoms with E-state index in [1.807, 2.05) is 6.92 Å². The van der Waals surface area contributed by atoms with Crippen LogP contribution in [0.15, 0.2) is 36.4 Å². The van der Waals surface area contributed by atoms with E-state index < -0.39 is 10.8 Å². The predicted octanol–water partition coefficient (Wildman–Crippen LogP) is 3.60. The smallest absolute Gasteiger partial charge is 0.270 e. The third-order valence-electron chi connectivity index (χ3n) is 4.03. The number of nitro benzene ring substituents is 1. The predicted molar refractivity (Wildman–Crippen MR) is 97.7 cm³/mol. The highest BCUT2D eigenvalue weighted by Gasteiger charge is 2.21. The van der Waals surface area contributed by atoms with Crippen LogP contribution < -0.4 is 14.8 Å². The first kappa shape index (κ1) is 18.4. The van der Waals surface area contributed by atoms with E-state index in [1.165, 1.54) is 24.3 Å². The lowest BCUT2D eigenvalue weighted by atomic mass is 10.0. The lowest BCUT2D eigenvalue weighted by molar-refractivity contribution is -0.384. The van der Waals surface area contributed by atoms with E-state index in [0.29, 0.717) is 43.1 Å². The molecule has 0 unspecified atom stereocenters. The Bertz CT molecular complexity index is 909. The largest absolute Gasteiger partial charge is 0.486 e. The number of carbonyl (C=O) groups excluding carboxylic acids is 2. The Morgan fingerprint density at radius 1 is 1.15 bits per heavy atom. The van der Waals surface area contributed by atoms with Crippen molar-refractivity contribution < 1.29 is 24.0 Å². The molecule has 0 aromatic heterocycles. The van der Waals surface area contributed by atoms with Gasteiger partial charge in [-0.15, -0.1) is 0 Å². The van der Waals surface area contributed by atoms with E-state index in [1.54, 1.807) is 12.1 Å². The van der Waals surface area contributed by atoms with Gasteiger partial charge >= 0.3 is 0 Å². The van der Waals surface area contributed by atoms with Gasteiger partial charge in [-0.05, 0) is 18.6 Å². The minimum Gasteiger partial charge on any atom is -0.486 e. The molecule has 0 aliphatic carbocycles. The molecule has 8 nitrogen and oxygen atoms in total. The molecule has 1 heterocycles. The fourth-order valence-corrected chi connectivity index (χ4v) is 2.74. The maximum atomic E-state index is 12.6. The number of rotatable bonds is 6. The third-order valence-corrected chi connectivity index (χ3v) is 4.03. The number of benzene rings is 2. The number of hydrogen-bond acceptors (Lipinski definition) is 6. The average molecular weight is 370 g/mol. The Kier molecular flexibility index (Phi) is 5.35. The van der Waals surface area contributed by atoms with Gasteiger partial charge in [-0.1, -0.05) is 13.0 Å². The Hall–Kier alpha value is -3.42. The summed E-state index contributed by atoms with van der Waals surface area (Å²) in [5.74, 6) is 0.197. The number of fused-ring (bicyclic) bond motifs is 1. The lowest BCUT2D eigenvalue weighted by Crippen LogP contribution is -2.19. The normalized spacial score (nSPS) is 12.3. The van der Waals surface area contributed by atoms with Crippen LogP contribution in [0.25, 0.3) is 0 Å². The molecule has 1 amide bonds. The fraction of sp³-hybridized carbons (Fsp3) is 0.263. The zero-order valence-corrected chi connectivity index (χ0v) is 14.7. The first-order chi connectivity index (χ1) is 13.0. The molecule has 140 valence electrons. The highest BCUT2D eigenvalue weighted by atomic mass is 16.6. The summed E-state index contributed by atoms with van der Waals surface area (Å²) >= 11 is 0. The van der Waals surface area contributed by atoms with Gasteiger partial charge in [0.25, 0.3) is 11.6 Å². The number of hydrogen-bond donors (Lipinski definition) is 1. The number of nitro groups is 1. The fourth-order valence-electron chi connectivity index (χ4n) is 2.74. The molecule has 2 aromatic rings. The number of nitrogens with one attached hydrogen (secondary N) is 1. The number of amides is 1. The quantitative estimate of drug-likeness (QED) is 0.473. The Morgan fingerprint density at radius 3 is 2.52 bits per heavy atom. The number of ketones is 1. The van der Waals surface area contributed by atoms with Crippen molar-refractivity contribution in [1.82, 2.24) is 0 Å². The van der Waals surface area contributed by atoms with Crippen molar-refractivity contribution in [2.24, 2.45) is 0 Å². The van der Waals surface area contributed by atoms with Gasteiger partial charge in [0.1, 0.15) is 13.2 Å². The Balaban J connectivity index is 1.95. The van der Waals surface area contributed by atoms with Crippen molar-refractivity contribution in [2.45, 2.75) is 19.8 Å². The minimum absolute atomic E-state index is 0.118. The van der Waals surface area contributed by atoms with E-state index in [4.69, 9.17) is 9.47 Å². The molecule has 1 aliphatic rings. The van der Waals surface area contributed by atoms with Crippen LogP contribution in [-0.4, -0.2) is 29.8 Å². The number of non-ortho nitro benzene ring substituents is 1. The molecule has 2 aromatic carbocycles. The zero-order chi connectivity index (χ0) is 19.4. The molecular weight excluding hydrogens is 352 g/mol. The number of carbonyl (C=O) groups is 2. The van der Waals surface area contributed by atoms with E-state index in [2.05, 4.69) is 5.32 Å². The number of Topliss-reactive ketones (excluding diaryl/α,β-unsaturated/α-hetero) is 1. The molecule has 8 heteroatoms. The molecule has 0 bridgehead atoms. The molecule has 1 aliphatic heterocycles. The van der Waals surface area contributed by atoms with Gasteiger partial charge in [0, 0.05) is 35.7 Å². The first-order valence-corrected chi connectivity index (χ1v) is 8.52. The highest BCUT2D eigenvalue weighted by Crippen LogP contribution is 2.36. The highest BCUT2D eigenvalue weighted by molar-refractivity contribution is 6.10. The molecule has 27 heavy (non-hydrogen) atoms. The minimum atomic E-state index is -0.572. The van der Waals surface area contributed by atoms with Crippen LogP contribution in [0, 0.1) is 10.1 Å². The van der Waals surface area contributed by atoms with Crippen molar-refractivity contribution in [3.8, 4) is 11.5 Å². The molecule has 3 rings (SSSR count). The standard InChI is InChI=1S/C19H18N2O6/c1-2-4-16(22)14-10-17-18(27-8-7-26-17)11-15(14)20-19(23)12-5-3-6-13(9-12)21(24)25/h3,5-6,9-11H,2,4,7-8H2,1H3,(H,20,23). The maximum Gasteiger partial charge on any atom is 0.270 e. The van der Waals surface area contributed by atoms with Crippen LogP contribution in [-0.2, 0) is 0 Å². The molecular formula is C19H18N2O6. The molecule has 0 spiro atoms. The number of nitrogens with zero attached hydrogens (tertiary/aromatic N) is 1. The van der Waals surface area contributed by atoms with Crippen LogP contribution in [0.4, 0.5) is 11.4 Å². The van der Waals surface area contributed by atoms with Crippen molar-refractivity contribution >= 4 is 23.1 Å². The molecule has 0 saturated heterocycles. The summed E-state index contributed by atoms with van der Waals surface area (Å²) in [7, 11) is 0. The summed E-state index contributed by atoms with van der Waals surface area (Å²) in [4.78, 5) is 35.4. The van der Waals surface area contributed by atoms with Crippen molar-refractivity contribution in [2.75, 3.05) is 18.5 Å². The van der Waals surface area contributed by atoms with E-state index in [0.717, 1.165) is 0 Å². The molecule has 1 N–H and O–H groups in total. The third kappa shape index (κ3) is 4.05. The molecule has 0 atom stereocenters. The van der Waals surface area contributed by atoms with E-state index >= 15 is 0 Å². The van der Waals surface area contributed by atoms with Crippen LogP contribution in [0.3, 0.4) is 0 Å². The summed E-state index contributed by atoms with van der Waals surface area (Å²) in [5, 5.41) is 13.6. The average Bonchev–Trinajstić information content (AvgIpc) is 2.67. The summed E-state index contributed by atoms with van der Waals surface area (Å²) < 4.78 is 11.0. The van der Waals surface area contributed by atoms with Crippen molar-refractivity contribution in [1.29, 1.82) is 0 Å². The zero-order valence-electron chi connectivity index (χ0n) is 14.7. The van der Waals surface area contributed by atoms with Gasteiger partial charge in [0.15, 0.2) is 17.3 Å². The van der Waals surface area contributed by atoms with E-state index in [-0.39, 0.29) is 22.7 Å². The topological polar surface area (TPSA) is 108 Å². The van der Waals surface area contributed by atoms with Crippen LogP contribution in [0.2, 0.25) is 0 Å². The summed E-state index contributed by atoms with van der Waals surface area (Å²) in [5.41, 5.74) is 0.536. The molecule has 0 radical (unpaired) electrons. The Labute approximate surface area is 155 Å². The second-order valence-electron chi connectivity index (χ2n) is 5.98. The van der Waals surface area contributed by atoms with Crippen LogP contribution in [0.5, 0.6) is 11.5 Å². The van der Waals surface area contributed by atoms with Gasteiger partial charge in [0.2, 0.25) is 0 Å². The summed E-state index contributed by atoms with van der Waals surface area (Å²) in [6, 6.07) is 8.49.